The fraction of sp³-hybridized carbons (Fsp3) is 0.800. The van der Waals surface area contributed by atoms with Crippen LogP contribution in [0.4, 0.5) is 11.9 Å². The highest BCUT2D eigenvalue weighted by Crippen LogP contribution is 2.37. The molecule has 6 nitrogen and oxygen atoms in total. The second-order valence-corrected chi connectivity index (χ2v) is 5.92. The number of nitrogens with zero attached hydrogens (tertiary/aromatic N) is 4. The third kappa shape index (κ3) is 3.04. The predicted molar refractivity (Wildman–Crippen MR) is 82.9 cm³/mol. The lowest BCUT2D eigenvalue weighted by Gasteiger charge is -2.44. The topological polar surface area (TPSA) is 63.2 Å². The molecule has 1 saturated carbocycles. The number of hydrogen-bond acceptors (Lipinski definition) is 6. The summed E-state index contributed by atoms with van der Waals surface area (Å²) in [4.78, 5) is 15.7. The molecule has 2 atom stereocenters. The lowest BCUT2D eigenvalue weighted by Crippen LogP contribution is -2.47. The second kappa shape index (κ2) is 6.45. The summed E-state index contributed by atoms with van der Waals surface area (Å²) in [6.45, 7) is 3.87. The Hall–Kier alpha value is -1.59. The molecule has 0 amide bonds. The summed E-state index contributed by atoms with van der Waals surface area (Å²) in [6.07, 6.45) is 7.88. The second-order valence-electron chi connectivity index (χ2n) is 5.92. The molecule has 1 saturated heterocycles. The zero-order valence-corrected chi connectivity index (χ0v) is 13.0. The fourth-order valence-electron chi connectivity index (χ4n) is 3.68. The third-order valence-corrected chi connectivity index (χ3v) is 4.62. The first-order valence-electron chi connectivity index (χ1n) is 8.12. The molecule has 0 radical (unpaired) electrons. The van der Waals surface area contributed by atoms with Gasteiger partial charge in [0.2, 0.25) is 11.9 Å². The summed E-state index contributed by atoms with van der Waals surface area (Å²) in [6, 6.07) is 0.989. The summed E-state index contributed by atoms with van der Waals surface area (Å²) in [5.41, 5.74) is 0. The summed E-state index contributed by atoms with van der Waals surface area (Å²) in [7, 11) is 1.61. The summed E-state index contributed by atoms with van der Waals surface area (Å²) < 4.78 is 5.24. The molecular formula is C15H25N5O. The van der Waals surface area contributed by atoms with Gasteiger partial charge in [0.15, 0.2) is 0 Å². The van der Waals surface area contributed by atoms with Crippen LogP contribution in [0.5, 0.6) is 6.01 Å². The highest BCUT2D eigenvalue weighted by atomic mass is 16.5. The van der Waals surface area contributed by atoms with Crippen LogP contribution in [0.1, 0.15) is 45.4 Å². The van der Waals surface area contributed by atoms with E-state index in [0.29, 0.717) is 18.0 Å². The number of hydrogen-bond donors (Lipinski definition) is 1. The molecule has 0 bridgehead atoms. The highest BCUT2D eigenvalue weighted by molar-refractivity contribution is 5.40. The SMILES string of the molecule is CCNc1nc(OC)nc(N2CCC[C@H]3CCCC[C@H]32)n1. The monoisotopic (exact) mass is 291 g/mol. The van der Waals surface area contributed by atoms with Crippen LogP contribution < -0.4 is 15.0 Å². The van der Waals surface area contributed by atoms with E-state index in [1.165, 1.54) is 38.5 Å². The fourth-order valence-corrected chi connectivity index (χ4v) is 3.68. The van der Waals surface area contributed by atoms with E-state index in [4.69, 9.17) is 4.74 Å². The number of piperidine rings is 1. The zero-order valence-electron chi connectivity index (χ0n) is 13.0. The van der Waals surface area contributed by atoms with Crippen molar-refractivity contribution >= 4 is 11.9 Å². The van der Waals surface area contributed by atoms with Crippen LogP contribution >= 0.6 is 0 Å². The molecule has 1 aliphatic carbocycles. The van der Waals surface area contributed by atoms with Gasteiger partial charge >= 0.3 is 6.01 Å². The Labute approximate surface area is 126 Å². The molecule has 1 N–H and O–H groups in total. The van der Waals surface area contributed by atoms with Crippen molar-refractivity contribution in [2.24, 2.45) is 5.92 Å². The van der Waals surface area contributed by atoms with Gasteiger partial charge in [-0.3, -0.25) is 0 Å². The molecule has 0 spiro atoms. The molecule has 0 aromatic carbocycles. The van der Waals surface area contributed by atoms with Crippen molar-refractivity contribution in [3.05, 3.63) is 0 Å². The minimum atomic E-state index is 0.397. The van der Waals surface area contributed by atoms with Crippen LogP contribution in [-0.4, -0.2) is 41.2 Å². The molecule has 2 heterocycles. The molecular weight excluding hydrogens is 266 g/mol. The van der Waals surface area contributed by atoms with Crippen LogP contribution in [0.2, 0.25) is 0 Å². The molecule has 6 heteroatoms. The Morgan fingerprint density at radius 1 is 1.14 bits per heavy atom. The molecule has 0 unspecified atom stereocenters. The molecule has 21 heavy (non-hydrogen) atoms. The quantitative estimate of drug-likeness (QED) is 0.919. The van der Waals surface area contributed by atoms with Crippen LogP contribution in [0, 0.1) is 5.92 Å². The minimum absolute atomic E-state index is 0.397. The van der Waals surface area contributed by atoms with Gasteiger partial charge in [0.1, 0.15) is 0 Å². The van der Waals surface area contributed by atoms with Crippen molar-refractivity contribution in [2.75, 3.05) is 30.4 Å². The van der Waals surface area contributed by atoms with Gasteiger partial charge in [-0.05, 0) is 38.5 Å². The van der Waals surface area contributed by atoms with Crippen molar-refractivity contribution < 1.29 is 4.74 Å². The van der Waals surface area contributed by atoms with E-state index < -0.39 is 0 Å². The van der Waals surface area contributed by atoms with Crippen molar-refractivity contribution in [3.63, 3.8) is 0 Å². The molecule has 2 aliphatic rings. The van der Waals surface area contributed by atoms with Gasteiger partial charge < -0.3 is 15.0 Å². The molecule has 1 aliphatic heterocycles. The number of nitrogens with one attached hydrogen (secondary N) is 1. The van der Waals surface area contributed by atoms with E-state index in [2.05, 4.69) is 25.2 Å². The molecule has 2 fully saturated rings. The van der Waals surface area contributed by atoms with Crippen molar-refractivity contribution in [1.29, 1.82) is 0 Å². The smallest absolute Gasteiger partial charge is 0.322 e. The Bertz CT molecular complexity index is 479. The van der Waals surface area contributed by atoms with Gasteiger partial charge in [-0.25, -0.2) is 0 Å². The standard InChI is InChI=1S/C15H25N5O/c1-3-16-13-17-14(19-15(18-13)21-2)20-10-6-8-11-7-4-5-9-12(11)20/h11-12H,3-10H2,1-2H3,(H,16,17,18,19)/t11-,12-/m1/s1. The molecule has 1 aromatic heterocycles. The summed E-state index contributed by atoms with van der Waals surface area (Å²) in [5.74, 6) is 2.18. The van der Waals surface area contributed by atoms with Crippen LogP contribution in [-0.2, 0) is 0 Å². The summed E-state index contributed by atoms with van der Waals surface area (Å²) in [5, 5.41) is 3.16. The van der Waals surface area contributed by atoms with Crippen LogP contribution in [0.25, 0.3) is 0 Å². The largest absolute Gasteiger partial charge is 0.467 e. The van der Waals surface area contributed by atoms with Crippen LogP contribution in [0.3, 0.4) is 0 Å². The Balaban J connectivity index is 1.88. The maximum atomic E-state index is 5.24. The minimum Gasteiger partial charge on any atom is -0.467 e. The van der Waals surface area contributed by atoms with Crippen molar-refractivity contribution in [2.45, 2.75) is 51.5 Å². The molecule has 1 aromatic rings. The lowest BCUT2D eigenvalue weighted by molar-refractivity contribution is 0.241. The lowest BCUT2D eigenvalue weighted by atomic mass is 9.78. The van der Waals surface area contributed by atoms with Gasteiger partial charge in [-0.2, -0.15) is 15.0 Å². The van der Waals surface area contributed by atoms with Gasteiger partial charge in [-0.15, -0.1) is 0 Å². The van der Waals surface area contributed by atoms with Crippen LogP contribution in [0.15, 0.2) is 0 Å². The Kier molecular flexibility index (Phi) is 4.41. The predicted octanol–water partition coefficient (Wildman–Crippen LogP) is 2.47. The number of ether oxygens (including phenoxy) is 1. The third-order valence-electron chi connectivity index (χ3n) is 4.62. The number of anilines is 2. The van der Waals surface area contributed by atoms with Gasteiger partial charge in [0.25, 0.3) is 0 Å². The zero-order chi connectivity index (χ0) is 14.7. The first-order chi connectivity index (χ1) is 10.3. The maximum Gasteiger partial charge on any atom is 0.322 e. The number of rotatable bonds is 4. The van der Waals surface area contributed by atoms with E-state index in [1.54, 1.807) is 7.11 Å². The number of methoxy groups -OCH3 is 1. The van der Waals surface area contributed by atoms with Gasteiger partial charge in [0.05, 0.1) is 7.11 Å². The highest BCUT2D eigenvalue weighted by Gasteiger charge is 2.34. The van der Waals surface area contributed by atoms with E-state index in [9.17, 15) is 0 Å². The normalized spacial score (nSPS) is 25.3. The average molecular weight is 291 g/mol. The molecule has 3 rings (SSSR count). The summed E-state index contributed by atoms with van der Waals surface area (Å²) >= 11 is 0. The first kappa shape index (κ1) is 14.4. The number of aromatic nitrogens is 3. The number of fused-ring (bicyclic) bond motifs is 1. The maximum absolute atomic E-state index is 5.24. The van der Waals surface area contributed by atoms with Crippen molar-refractivity contribution in [1.82, 2.24) is 15.0 Å². The average Bonchev–Trinajstić information content (AvgIpc) is 2.54. The van der Waals surface area contributed by atoms with Gasteiger partial charge in [0, 0.05) is 19.1 Å². The van der Waals surface area contributed by atoms with E-state index in [-0.39, 0.29) is 0 Å². The Morgan fingerprint density at radius 3 is 2.76 bits per heavy atom. The van der Waals surface area contributed by atoms with Crippen molar-refractivity contribution in [3.8, 4) is 6.01 Å². The van der Waals surface area contributed by atoms with E-state index >= 15 is 0 Å². The Morgan fingerprint density at radius 2 is 1.95 bits per heavy atom. The van der Waals surface area contributed by atoms with E-state index in [0.717, 1.165) is 25.0 Å². The first-order valence-corrected chi connectivity index (χ1v) is 8.12. The van der Waals surface area contributed by atoms with Gasteiger partial charge in [-0.1, -0.05) is 12.8 Å². The molecule has 116 valence electrons. The van der Waals surface area contributed by atoms with E-state index in [1.807, 2.05) is 6.92 Å².